The van der Waals surface area contributed by atoms with E-state index in [2.05, 4.69) is 57.6 Å². The number of benzene rings is 2. The van der Waals surface area contributed by atoms with Crippen LogP contribution in [0.25, 0.3) is 0 Å². The topological polar surface area (TPSA) is 463 Å². The number of rotatable bonds is 33. The zero-order valence-corrected chi connectivity index (χ0v) is 86.3. The summed E-state index contributed by atoms with van der Waals surface area (Å²) >= 11 is 0. The summed E-state index contributed by atoms with van der Waals surface area (Å²) in [6, 6.07) is -13.3. The van der Waals surface area contributed by atoms with E-state index in [1.807, 2.05) is 13.8 Å². The summed E-state index contributed by atoms with van der Waals surface area (Å²) in [4.78, 5) is 220. The zero-order chi connectivity index (χ0) is 109. The average Bonchev–Trinajstić information content (AvgIpc) is 1.64. The highest BCUT2D eigenvalue weighted by molar-refractivity contribution is 6.00. The minimum absolute atomic E-state index is 0. The lowest BCUT2D eigenvalue weighted by Crippen LogP contribution is -2.61. The minimum atomic E-state index is -4.80. The van der Waals surface area contributed by atoms with E-state index in [1.165, 1.54) is 39.2 Å². The van der Waals surface area contributed by atoms with Gasteiger partial charge in [-0.1, -0.05) is 83.1 Å². The quantitative estimate of drug-likeness (QED) is 0.0179. The lowest BCUT2D eigenvalue weighted by molar-refractivity contribution is -0.149. The van der Waals surface area contributed by atoms with E-state index in [9.17, 15) is 120 Å². The van der Waals surface area contributed by atoms with E-state index in [1.54, 1.807) is 90.0 Å². The predicted octanol–water partition coefficient (Wildman–Crippen LogP) is 6.81. The van der Waals surface area contributed by atoms with Crippen molar-refractivity contribution in [2.75, 3.05) is 52.4 Å². The van der Waals surface area contributed by atoms with Gasteiger partial charge in [-0.05, 0) is 169 Å². The van der Waals surface area contributed by atoms with Crippen molar-refractivity contribution in [3.63, 3.8) is 0 Å². The molecule has 0 spiro atoms. The number of hydrogen-bond acceptors (Lipinski definition) is 21. The number of likely N-dealkylation sites (tertiary alicyclic amines) is 6. The van der Waals surface area contributed by atoms with Gasteiger partial charge in [0.05, 0.1) is 19.1 Å². The molecule has 12 rings (SSSR count). The van der Waals surface area contributed by atoms with Crippen LogP contribution in [-0.4, -0.2) is 300 Å². The molecule has 148 heavy (non-hydrogen) atoms. The lowest BCUT2D eigenvalue weighted by Gasteiger charge is -2.35. The second-order valence-corrected chi connectivity index (χ2v) is 41.9. The van der Waals surface area contributed by atoms with E-state index in [4.69, 9.17) is 10.5 Å². The van der Waals surface area contributed by atoms with Crippen molar-refractivity contribution in [2.45, 2.75) is 335 Å². The predicted molar refractivity (Wildman–Crippen MR) is 508 cm³/mol. The van der Waals surface area contributed by atoms with Gasteiger partial charge in [-0.15, -0.1) is 32.8 Å². The Morgan fingerprint density at radius 3 is 0.845 bits per heavy atom. The largest absolute Gasteiger partial charge is 0.451 e. The number of carbonyl (C=O) groups excluding carboxylic acids is 15. The Hall–Kier alpha value is -12.0. The highest BCUT2D eigenvalue weighted by Crippen LogP contribution is 2.36. The molecule has 4 aromatic rings. The fourth-order valence-corrected chi connectivity index (χ4v) is 19.9. The number of nitrogens with two attached hydrogens (primary N) is 1. The molecule has 0 bridgehead atoms. The number of nitrogens with one attached hydrogen (secondary N) is 7. The number of carbonyl (C=O) groups is 15. The highest BCUT2D eigenvalue weighted by atomic mass is 35.5. The fourth-order valence-electron chi connectivity index (χ4n) is 19.9. The molecule has 6 fully saturated rings. The first-order chi connectivity index (χ1) is 68.8. The van der Waals surface area contributed by atoms with Crippen LogP contribution in [0, 0.1) is 70.4 Å². The van der Waals surface area contributed by atoms with Crippen LogP contribution in [0.2, 0.25) is 0 Å². The standard InChI is InChI=1S/C51H71F6N11O9.C46H63F6N11O7.ClH/c1-26(2)39(59-43(71)35-14-11-17-66(35)46(74)40(27(3)4)60-44(72)36-15-12-18-67(36)47(75)41(28(5)6)61-49(76)77-50(7,8)9)45(73)65-16-10-13-34(65)42(70)58-30(21-29-22-32(53)33(54)24-31(29)52)23-38(69)64-19-20-68-37(25-64)62-63-48(68)51(55,56)57;1-23(2)36(53)42(68)60-13-7-11-32(60)40(66)55-38(25(5)6)44(70)62-15-9-12-33(62)41(67)56-37(24(3)4)43(69)61-14-8-10-31(61)39(65)54-27(18-26-19-29(48)30(49)21-28(26)47)20-35(64)59-16-17-63-34(22-59)57-58-45(63)46(50,51)52;/h22,24,26-28,30,34-36,39-41H,10-21,23,25H2,1-9H3,(H,58,70)(H,59,71)(H,60,72)(H,61,76);19,21,23-25,27,31-33,36-38H,7-18,20,22,53H2,1-6H3,(H,54,65)(H,55,66)(H,56,67);1H. The molecular formula is C97H135ClF12N22O16. The Bertz CT molecular complexity index is 5530. The molecule has 820 valence electrons. The third-order valence-corrected chi connectivity index (χ3v) is 27.9. The molecule has 38 nitrogen and oxygen atoms in total. The summed E-state index contributed by atoms with van der Waals surface area (Å²) in [6.45, 7) is 25.2. The van der Waals surface area contributed by atoms with Crippen LogP contribution < -0.4 is 43.0 Å². The van der Waals surface area contributed by atoms with Gasteiger partial charge < -0.3 is 96.0 Å². The molecule has 0 aliphatic carbocycles. The molecule has 2 aromatic carbocycles. The van der Waals surface area contributed by atoms with Crippen molar-refractivity contribution < 1.29 is 129 Å². The second-order valence-electron chi connectivity index (χ2n) is 41.9. The van der Waals surface area contributed by atoms with Crippen molar-refractivity contribution in [3.05, 3.63) is 93.6 Å². The van der Waals surface area contributed by atoms with Gasteiger partial charge in [0, 0.05) is 103 Å². The Kier molecular flexibility index (Phi) is 39.5. The SMILES string of the molecule is CC(C)C(N)C(=O)N1CCCC1C(=O)NC(C(=O)N1CCCC1C(=O)NC(C(=O)N1CCCC1C(=O)NC(CC(=O)N1CCn2c(nnc2C(F)(F)F)C1)Cc1cc(F)c(F)cc1F)C(C)C)C(C)C.CC(C)C(NC(=O)OC(C)(C)C)C(=O)N1CCCC1C(=O)NC(C(=O)N1CCCC1C(=O)NC(C(=O)N1CCCC1C(=O)NC(CC(=O)N1CCn2c(nnc2C(F)(F)F)C1)Cc1cc(F)c(F)cc1F)C(C)C)C(C)C.Cl. The third-order valence-electron chi connectivity index (χ3n) is 27.9. The summed E-state index contributed by atoms with van der Waals surface area (Å²) < 4.78 is 175. The van der Waals surface area contributed by atoms with Gasteiger partial charge in [0.2, 0.25) is 94.3 Å². The number of alkyl carbamates (subject to hydrolysis) is 1. The van der Waals surface area contributed by atoms with Gasteiger partial charge in [0.25, 0.3) is 0 Å². The van der Waals surface area contributed by atoms with Gasteiger partial charge in [-0.25, -0.2) is 31.1 Å². The van der Waals surface area contributed by atoms with Gasteiger partial charge >= 0.3 is 18.4 Å². The molecule has 51 heteroatoms. The van der Waals surface area contributed by atoms with Gasteiger partial charge in [0.1, 0.15) is 83.7 Å². The fraction of sp³-hybridized carbons (Fsp3) is 0.680. The summed E-state index contributed by atoms with van der Waals surface area (Å²) in [6.07, 6.45) is -8.48. The molecule has 9 N–H and O–H groups in total. The molecule has 2 aromatic heterocycles. The first kappa shape index (κ1) is 118. The first-order valence-corrected chi connectivity index (χ1v) is 50.1. The Morgan fingerprint density at radius 1 is 0.345 bits per heavy atom. The van der Waals surface area contributed by atoms with Crippen LogP contribution in [0.1, 0.15) is 228 Å². The number of fused-ring (bicyclic) bond motifs is 2. The van der Waals surface area contributed by atoms with Gasteiger partial charge in [0.15, 0.2) is 34.9 Å². The van der Waals surface area contributed by atoms with Crippen LogP contribution >= 0.6 is 12.4 Å². The maximum absolute atomic E-state index is 15.1. The van der Waals surface area contributed by atoms with Crippen LogP contribution in [0.5, 0.6) is 0 Å². The highest BCUT2D eigenvalue weighted by Gasteiger charge is 2.51. The molecule has 14 unspecified atom stereocenters. The van der Waals surface area contributed by atoms with Crippen molar-refractivity contribution >= 4 is 101 Å². The van der Waals surface area contributed by atoms with Gasteiger partial charge in [-0.2, -0.15) is 26.3 Å². The number of ether oxygens (including phenoxy) is 1. The van der Waals surface area contributed by atoms with E-state index in [0.717, 1.165) is 9.13 Å². The van der Waals surface area contributed by atoms with Crippen molar-refractivity contribution in [1.29, 1.82) is 0 Å². The first-order valence-electron chi connectivity index (χ1n) is 50.1. The number of amides is 15. The molecule has 15 amide bonds. The number of alkyl halides is 6. The van der Waals surface area contributed by atoms with Crippen LogP contribution in [0.15, 0.2) is 24.3 Å². The zero-order valence-electron chi connectivity index (χ0n) is 85.5. The van der Waals surface area contributed by atoms with E-state index < -0.39 is 287 Å². The van der Waals surface area contributed by atoms with E-state index in [0.29, 0.717) is 82.2 Å². The molecular weight excluding hydrogens is 1990 g/mol. The monoisotopic (exact) mass is 2130 g/mol. The summed E-state index contributed by atoms with van der Waals surface area (Å²) in [5.74, 6) is -21.7. The average molecular weight is 2130 g/mol. The second kappa shape index (κ2) is 49.6. The molecule has 10 heterocycles. The normalized spacial score (nSPS) is 20.7. The van der Waals surface area contributed by atoms with E-state index >= 15 is 4.39 Å². The summed E-state index contributed by atoms with van der Waals surface area (Å²) in [5.41, 5.74) is 4.54. The maximum Gasteiger partial charge on any atom is 0.451 e. The maximum atomic E-state index is 15.1. The van der Waals surface area contributed by atoms with Crippen LogP contribution in [-0.2, 0) is 123 Å². The molecule has 0 radical (unpaired) electrons. The Labute approximate surface area is 855 Å². The number of nitrogens with zero attached hydrogens (tertiary/aromatic N) is 14. The molecule has 8 aliphatic rings. The molecule has 8 aliphatic heterocycles. The van der Waals surface area contributed by atoms with Crippen molar-refractivity contribution in [2.24, 2.45) is 41.2 Å². The Balaban J connectivity index is 0.000000302. The van der Waals surface area contributed by atoms with Crippen LogP contribution in [0.4, 0.5) is 57.5 Å². The number of halogens is 13. The number of hydrogen-bond donors (Lipinski definition) is 8. The molecule has 0 saturated carbocycles. The summed E-state index contributed by atoms with van der Waals surface area (Å²) in [5, 5.41) is 32.9. The minimum Gasteiger partial charge on any atom is -0.444 e. The summed E-state index contributed by atoms with van der Waals surface area (Å²) in [7, 11) is 0. The van der Waals surface area contributed by atoms with E-state index in [-0.39, 0.29) is 145 Å². The van der Waals surface area contributed by atoms with Crippen molar-refractivity contribution in [3.8, 4) is 0 Å². The Morgan fingerprint density at radius 2 is 0.595 bits per heavy atom. The smallest absolute Gasteiger partial charge is 0.444 e. The molecule has 14 atom stereocenters. The third kappa shape index (κ3) is 28.4. The molecule has 6 saturated heterocycles. The van der Waals surface area contributed by atoms with Crippen molar-refractivity contribution in [1.82, 2.24) is 106 Å². The number of aromatic nitrogens is 6. The van der Waals surface area contributed by atoms with Gasteiger partial charge in [-0.3, -0.25) is 67.1 Å². The van der Waals surface area contributed by atoms with Crippen LogP contribution in [0.3, 0.4) is 0 Å². The lowest BCUT2D eigenvalue weighted by atomic mass is 9.99.